The Morgan fingerprint density at radius 1 is 1.05 bits per heavy atom. The second-order valence-electron chi connectivity index (χ2n) is 10.2. The molecule has 13 heteroatoms. The molecule has 2 aromatic carbocycles. The molecular formula is C28H34N6O5S2. The molecule has 0 radical (unpaired) electrons. The van der Waals surface area contributed by atoms with Crippen LogP contribution in [0.2, 0.25) is 0 Å². The first kappa shape index (κ1) is 29.0. The predicted octanol–water partition coefficient (Wildman–Crippen LogP) is 3.98. The van der Waals surface area contributed by atoms with Crippen LogP contribution < -0.4 is 14.8 Å². The van der Waals surface area contributed by atoms with Crippen LogP contribution in [0.3, 0.4) is 0 Å². The van der Waals surface area contributed by atoms with E-state index >= 15 is 0 Å². The van der Waals surface area contributed by atoms with E-state index in [1.807, 2.05) is 10.9 Å². The van der Waals surface area contributed by atoms with Gasteiger partial charge in [-0.15, -0.1) is 0 Å². The Labute approximate surface area is 240 Å². The van der Waals surface area contributed by atoms with Crippen LogP contribution in [0, 0.1) is 0 Å². The number of rotatable bonds is 11. The Morgan fingerprint density at radius 2 is 1.85 bits per heavy atom. The SMILES string of the molecule is COCCn1ncc2c1C(Nc1ccc(S(=O)(=O)NC(C)c3ccccc3NS(C)(=O)=O)c3ccncc13)CCC2. The van der Waals surface area contributed by atoms with Crippen LogP contribution in [-0.2, 0) is 37.7 Å². The number of fused-ring (bicyclic) bond motifs is 2. The predicted molar refractivity (Wildman–Crippen MR) is 159 cm³/mol. The highest BCUT2D eigenvalue weighted by Gasteiger charge is 2.27. The van der Waals surface area contributed by atoms with Gasteiger partial charge in [0.1, 0.15) is 0 Å². The molecule has 1 aliphatic rings. The monoisotopic (exact) mass is 598 g/mol. The minimum absolute atomic E-state index is 0.000891. The zero-order valence-electron chi connectivity index (χ0n) is 23.2. The van der Waals surface area contributed by atoms with Crippen molar-refractivity contribution in [2.75, 3.05) is 30.0 Å². The standard InChI is InChI=1S/C28H34N6O5S2/c1-19(21-8-4-5-9-25(21)33-40(3,35)36)32-41(37,38)27-12-11-24(23-18-29-14-13-22(23)27)31-26-10-6-7-20-17-30-34(28(20)26)15-16-39-2/h4-5,8-9,11-14,17-19,26,31-33H,6-7,10,15-16H2,1-3H3. The molecule has 41 heavy (non-hydrogen) atoms. The molecule has 2 heterocycles. The zero-order chi connectivity index (χ0) is 29.2. The third-order valence-corrected chi connectivity index (χ3v) is 9.38. The topological polar surface area (TPSA) is 144 Å². The van der Waals surface area contributed by atoms with Gasteiger partial charge in [-0.2, -0.15) is 5.10 Å². The minimum atomic E-state index is -4.01. The summed E-state index contributed by atoms with van der Waals surface area (Å²) in [4.78, 5) is 4.39. The molecule has 0 fully saturated rings. The highest BCUT2D eigenvalue weighted by atomic mass is 32.2. The van der Waals surface area contributed by atoms with Crippen molar-refractivity contribution in [1.82, 2.24) is 19.5 Å². The molecule has 0 saturated heterocycles. The first-order valence-electron chi connectivity index (χ1n) is 13.3. The lowest BCUT2D eigenvalue weighted by Gasteiger charge is -2.27. The molecule has 4 aromatic rings. The number of pyridine rings is 1. The molecule has 218 valence electrons. The quantitative estimate of drug-likeness (QED) is 0.235. The molecule has 0 amide bonds. The van der Waals surface area contributed by atoms with Crippen LogP contribution in [-0.4, -0.2) is 51.6 Å². The molecule has 2 aromatic heterocycles. The van der Waals surface area contributed by atoms with Crippen molar-refractivity contribution in [3.8, 4) is 0 Å². The third kappa shape index (κ3) is 6.38. The van der Waals surface area contributed by atoms with Crippen LogP contribution in [0.1, 0.15) is 48.7 Å². The first-order chi connectivity index (χ1) is 19.6. The summed E-state index contributed by atoms with van der Waals surface area (Å²) in [6, 6.07) is 11.0. The number of nitrogens with one attached hydrogen (secondary N) is 3. The first-order valence-corrected chi connectivity index (χ1v) is 16.7. The van der Waals surface area contributed by atoms with Gasteiger partial charge in [0.2, 0.25) is 20.0 Å². The van der Waals surface area contributed by atoms with Gasteiger partial charge in [-0.3, -0.25) is 14.4 Å². The summed E-state index contributed by atoms with van der Waals surface area (Å²) in [5.41, 5.74) is 3.92. The third-order valence-electron chi connectivity index (χ3n) is 7.19. The maximum Gasteiger partial charge on any atom is 0.241 e. The summed E-state index contributed by atoms with van der Waals surface area (Å²) in [6.45, 7) is 2.88. The average Bonchev–Trinajstić information content (AvgIpc) is 3.35. The van der Waals surface area contributed by atoms with Crippen molar-refractivity contribution in [2.24, 2.45) is 0 Å². The van der Waals surface area contributed by atoms with E-state index in [1.165, 1.54) is 5.56 Å². The van der Waals surface area contributed by atoms with Crippen LogP contribution >= 0.6 is 0 Å². The Balaban J connectivity index is 1.46. The summed E-state index contributed by atoms with van der Waals surface area (Å²) in [5, 5.41) is 9.41. The van der Waals surface area contributed by atoms with Gasteiger partial charge in [0.15, 0.2) is 0 Å². The van der Waals surface area contributed by atoms with Crippen molar-refractivity contribution in [3.63, 3.8) is 0 Å². The second kappa shape index (κ2) is 11.8. The smallest absolute Gasteiger partial charge is 0.241 e. The molecule has 0 spiro atoms. The van der Waals surface area contributed by atoms with Crippen LogP contribution in [0.4, 0.5) is 11.4 Å². The largest absolute Gasteiger partial charge is 0.383 e. The summed E-state index contributed by atoms with van der Waals surface area (Å²) in [6.07, 6.45) is 9.09. The fourth-order valence-corrected chi connectivity index (χ4v) is 7.42. The highest BCUT2D eigenvalue weighted by molar-refractivity contribution is 7.92. The van der Waals surface area contributed by atoms with Gasteiger partial charge in [0.25, 0.3) is 0 Å². The molecule has 11 nitrogen and oxygen atoms in total. The molecule has 2 unspecified atom stereocenters. The summed E-state index contributed by atoms with van der Waals surface area (Å²) < 4.78 is 63.5. The number of hydrogen-bond donors (Lipinski definition) is 3. The maximum atomic E-state index is 13.7. The van der Waals surface area contributed by atoms with Crippen molar-refractivity contribution >= 4 is 42.2 Å². The molecule has 3 N–H and O–H groups in total. The number of para-hydroxylation sites is 1. The van der Waals surface area contributed by atoms with E-state index in [0.29, 0.717) is 35.2 Å². The number of nitrogens with zero attached hydrogens (tertiary/aromatic N) is 3. The molecule has 0 aliphatic heterocycles. The van der Waals surface area contributed by atoms with Gasteiger partial charge in [0.05, 0.1) is 47.9 Å². The Hall–Kier alpha value is -3.52. The van der Waals surface area contributed by atoms with Crippen LogP contribution in [0.15, 0.2) is 66.0 Å². The summed E-state index contributed by atoms with van der Waals surface area (Å²) >= 11 is 0. The fourth-order valence-electron chi connectivity index (χ4n) is 5.40. The van der Waals surface area contributed by atoms with E-state index in [4.69, 9.17) is 4.74 Å². The van der Waals surface area contributed by atoms with E-state index in [1.54, 1.807) is 68.9 Å². The fraction of sp³-hybridized carbons (Fsp3) is 0.357. The molecule has 0 saturated carbocycles. The summed E-state index contributed by atoms with van der Waals surface area (Å²) in [5.74, 6) is 0. The normalized spacial score (nSPS) is 16.3. The molecule has 1 aliphatic carbocycles. The number of hydrogen-bond acceptors (Lipinski definition) is 8. The maximum absolute atomic E-state index is 13.7. The Bertz CT molecular complexity index is 1770. The van der Waals surface area contributed by atoms with Crippen LogP contribution in [0.5, 0.6) is 0 Å². The lowest BCUT2D eigenvalue weighted by Crippen LogP contribution is -2.28. The molecular weight excluding hydrogens is 564 g/mol. The van der Waals surface area contributed by atoms with Gasteiger partial charge in [0, 0.05) is 42.0 Å². The lowest BCUT2D eigenvalue weighted by molar-refractivity contribution is 0.182. The van der Waals surface area contributed by atoms with Crippen LogP contribution in [0.25, 0.3) is 10.8 Å². The Morgan fingerprint density at radius 3 is 2.63 bits per heavy atom. The van der Waals surface area contributed by atoms with Crippen molar-refractivity contribution in [2.45, 2.75) is 49.7 Å². The van der Waals surface area contributed by atoms with E-state index in [-0.39, 0.29) is 10.9 Å². The number of ether oxygens (including phenoxy) is 1. The van der Waals surface area contributed by atoms with Crippen molar-refractivity contribution in [1.29, 1.82) is 0 Å². The second-order valence-corrected chi connectivity index (χ2v) is 13.6. The van der Waals surface area contributed by atoms with Crippen molar-refractivity contribution in [3.05, 3.63) is 77.9 Å². The average molecular weight is 599 g/mol. The molecule has 5 rings (SSSR count). The van der Waals surface area contributed by atoms with Gasteiger partial charge in [-0.1, -0.05) is 18.2 Å². The Kier molecular flexibility index (Phi) is 8.32. The number of aryl methyl sites for hydroxylation is 1. The number of methoxy groups -OCH3 is 1. The van der Waals surface area contributed by atoms with E-state index in [9.17, 15) is 16.8 Å². The number of benzene rings is 2. The van der Waals surface area contributed by atoms with Gasteiger partial charge >= 0.3 is 0 Å². The number of anilines is 2. The minimum Gasteiger partial charge on any atom is -0.383 e. The lowest BCUT2D eigenvalue weighted by atomic mass is 9.93. The number of sulfonamides is 2. The van der Waals surface area contributed by atoms with Gasteiger partial charge < -0.3 is 10.1 Å². The highest BCUT2D eigenvalue weighted by Crippen LogP contribution is 2.36. The van der Waals surface area contributed by atoms with E-state index < -0.39 is 26.1 Å². The molecule has 2 atom stereocenters. The summed E-state index contributed by atoms with van der Waals surface area (Å²) in [7, 11) is -5.89. The zero-order valence-corrected chi connectivity index (χ0v) is 24.8. The van der Waals surface area contributed by atoms with E-state index in [0.717, 1.165) is 36.9 Å². The van der Waals surface area contributed by atoms with E-state index in [2.05, 4.69) is 24.8 Å². The van der Waals surface area contributed by atoms with Crippen molar-refractivity contribution < 1.29 is 21.6 Å². The van der Waals surface area contributed by atoms with Gasteiger partial charge in [-0.05, 0) is 61.6 Å². The number of aromatic nitrogens is 3. The molecule has 0 bridgehead atoms. The van der Waals surface area contributed by atoms with Gasteiger partial charge in [-0.25, -0.2) is 21.6 Å².